The zero-order valence-electron chi connectivity index (χ0n) is 35.1. The SMILES string of the molecule is C(=N\N(c1ccccc1)c1ccccc1)/c1ccc(N(c2ccc(/C=N/N(c3ccccc3)c3ccccc3)cc2)c2ccc(/C=N/N(c3ccccc3)c3ccccc3)cc2)cc1. The largest absolute Gasteiger partial charge is 0.311 e. The topological polar surface area (TPSA) is 50.0 Å². The molecule has 0 unspecified atom stereocenters. The number of benzene rings is 9. The molecule has 9 aromatic carbocycles. The summed E-state index contributed by atoms with van der Waals surface area (Å²) in [5.74, 6) is 0. The van der Waals surface area contributed by atoms with Gasteiger partial charge in [0.05, 0.1) is 52.8 Å². The minimum absolute atomic E-state index is 0.974. The van der Waals surface area contributed by atoms with E-state index < -0.39 is 0 Å². The van der Waals surface area contributed by atoms with Crippen molar-refractivity contribution in [2.45, 2.75) is 0 Å². The van der Waals surface area contributed by atoms with E-state index in [1.54, 1.807) is 0 Å². The zero-order valence-corrected chi connectivity index (χ0v) is 35.1. The fourth-order valence-corrected chi connectivity index (χ4v) is 7.21. The first kappa shape index (κ1) is 40.6. The third-order valence-electron chi connectivity index (χ3n) is 10.4. The van der Waals surface area contributed by atoms with Gasteiger partial charge < -0.3 is 4.90 Å². The summed E-state index contributed by atoms with van der Waals surface area (Å²) in [6.45, 7) is 0. The molecule has 0 saturated carbocycles. The molecular formula is C57H45N7. The highest BCUT2D eigenvalue weighted by molar-refractivity contribution is 5.87. The monoisotopic (exact) mass is 827 g/mol. The predicted octanol–water partition coefficient (Wildman–Crippen LogP) is 14.7. The van der Waals surface area contributed by atoms with Gasteiger partial charge in [-0.05, 0) is 126 Å². The van der Waals surface area contributed by atoms with E-state index in [2.05, 4.69) is 150 Å². The molecular weight excluding hydrogens is 783 g/mol. The van der Waals surface area contributed by atoms with Crippen LogP contribution in [0.25, 0.3) is 0 Å². The summed E-state index contributed by atoms with van der Waals surface area (Å²) in [5, 5.41) is 20.7. The van der Waals surface area contributed by atoms with Crippen LogP contribution in [0.15, 0.2) is 270 Å². The molecule has 0 atom stereocenters. The maximum atomic E-state index is 4.94. The number of nitrogens with zero attached hydrogens (tertiary/aromatic N) is 7. The Morgan fingerprint density at radius 1 is 0.203 bits per heavy atom. The summed E-state index contributed by atoms with van der Waals surface area (Å²) >= 11 is 0. The summed E-state index contributed by atoms with van der Waals surface area (Å²) in [6.07, 6.45) is 5.70. The van der Waals surface area contributed by atoms with Crippen molar-refractivity contribution in [1.29, 1.82) is 0 Å². The Balaban J connectivity index is 1.02. The van der Waals surface area contributed by atoms with Crippen molar-refractivity contribution in [1.82, 2.24) is 0 Å². The van der Waals surface area contributed by atoms with Crippen LogP contribution in [0.4, 0.5) is 51.2 Å². The Labute approximate surface area is 375 Å². The average Bonchev–Trinajstić information content (AvgIpc) is 3.37. The molecule has 0 heterocycles. The number of hydrogen-bond acceptors (Lipinski definition) is 7. The Bertz CT molecular complexity index is 2450. The summed E-state index contributed by atoms with van der Waals surface area (Å²) < 4.78 is 0. The van der Waals surface area contributed by atoms with Crippen LogP contribution in [-0.4, -0.2) is 18.6 Å². The van der Waals surface area contributed by atoms with Crippen LogP contribution < -0.4 is 19.9 Å². The van der Waals surface area contributed by atoms with Crippen molar-refractivity contribution in [3.8, 4) is 0 Å². The molecule has 308 valence electrons. The molecule has 0 aliphatic rings. The van der Waals surface area contributed by atoms with Gasteiger partial charge in [-0.25, -0.2) is 15.0 Å². The molecule has 9 rings (SSSR count). The van der Waals surface area contributed by atoms with Crippen LogP contribution in [0.3, 0.4) is 0 Å². The highest BCUT2D eigenvalue weighted by Crippen LogP contribution is 2.35. The summed E-state index contributed by atoms with van der Waals surface area (Å²) in [5.41, 5.74) is 11.8. The fraction of sp³-hybridized carbons (Fsp3) is 0. The molecule has 0 saturated heterocycles. The first-order valence-corrected chi connectivity index (χ1v) is 21.2. The fourth-order valence-electron chi connectivity index (χ4n) is 7.21. The maximum Gasteiger partial charge on any atom is 0.0652 e. The van der Waals surface area contributed by atoms with Crippen LogP contribution in [0, 0.1) is 0 Å². The van der Waals surface area contributed by atoms with Crippen molar-refractivity contribution in [2.75, 3.05) is 19.9 Å². The lowest BCUT2D eigenvalue weighted by molar-refractivity contribution is 1.09. The van der Waals surface area contributed by atoms with Crippen LogP contribution in [0.5, 0.6) is 0 Å². The van der Waals surface area contributed by atoms with E-state index in [-0.39, 0.29) is 0 Å². The molecule has 0 radical (unpaired) electrons. The van der Waals surface area contributed by atoms with Gasteiger partial charge in [0.2, 0.25) is 0 Å². The van der Waals surface area contributed by atoms with Crippen molar-refractivity contribution >= 4 is 69.8 Å². The number of hydrogen-bond donors (Lipinski definition) is 0. The van der Waals surface area contributed by atoms with Gasteiger partial charge in [-0.1, -0.05) is 146 Å². The first-order valence-electron chi connectivity index (χ1n) is 21.2. The molecule has 64 heavy (non-hydrogen) atoms. The van der Waals surface area contributed by atoms with Gasteiger partial charge in [0.25, 0.3) is 0 Å². The van der Waals surface area contributed by atoms with Gasteiger partial charge in [0.1, 0.15) is 0 Å². The third-order valence-corrected chi connectivity index (χ3v) is 10.4. The first-order chi connectivity index (χ1) is 31.7. The van der Waals surface area contributed by atoms with E-state index in [1.165, 1.54) is 0 Å². The van der Waals surface area contributed by atoms with Crippen LogP contribution in [0.1, 0.15) is 16.7 Å². The van der Waals surface area contributed by atoms with Gasteiger partial charge in [-0.2, -0.15) is 15.3 Å². The van der Waals surface area contributed by atoms with Crippen molar-refractivity contribution in [2.24, 2.45) is 15.3 Å². The number of hydrazone groups is 3. The number of rotatable bonds is 15. The number of anilines is 9. The van der Waals surface area contributed by atoms with Crippen molar-refractivity contribution < 1.29 is 0 Å². The molecule has 0 aliphatic heterocycles. The normalized spacial score (nSPS) is 11.2. The molecule has 0 aromatic heterocycles. The van der Waals surface area contributed by atoms with Gasteiger partial charge in [-0.15, -0.1) is 0 Å². The minimum Gasteiger partial charge on any atom is -0.311 e. The number of para-hydroxylation sites is 6. The second kappa shape index (κ2) is 20.2. The molecule has 0 bridgehead atoms. The van der Waals surface area contributed by atoms with Crippen molar-refractivity contribution in [3.05, 3.63) is 271 Å². The predicted molar refractivity (Wildman–Crippen MR) is 269 cm³/mol. The summed E-state index contributed by atoms with van der Waals surface area (Å²) in [7, 11) is 0. The second-order valence-electron chi connectivity index (χ2n) is 14.8. The minimum atomic E-state index is 0.974. The van der Waals surface area contributed by atoms with Crippen molar-refractivity contribution in [3.63, 3.8) is 0 Å². The van der Waals surface area contributed by atoms with E-state index in [1.807, 2.05) is 143 Å². The molecule has 0 spiro atoms. The molecule has 7 nitrogen and oxygen atoms in total. The lowest BCUT2D eigenvalue weighted by Gasteiger charge is -2.26. The standard InChI is InChI=1S/C57H45N7/c1-7-19-52(20-8-1)62(53-21-9-2-10-22-53)58-43-46-31-37-49(38-32-46)61(50-39-33-47(34-40-50)44-59-63(54-23-11-3-12-24-54)55-25-13-4-14-26-55)51-41-35-48(36-42-51)45-60-64(56-27-15-5-16-28-56)57-29-17-6-18-30-57/h1-45H/b58-43+,59-44+,60-45+. The highest BCUT2D eigenvalue weighted by atomic mass is 15.5. The Kier molecular flexibility index (Phi) is 12.8. The van der Waals surface area contributed by atoms with E-state index in [9.17, 15) is 0 Å². The molecule has 7 heteroatoms. The summed E-state index contributed by atoms with van der Waals surface area (Å²) in [4.78, 5) is 2.25. The third kappa shape index (κ3) is 10.0. The van der Waals surface area contributed by atoms with Gasteiger partial charge in [-0.3, -0.25) is 0 Å². The Morgan fingerprint density at radius 3 is 0.578 bits per heavy atom. The smallest absolute Gasteiger partial charge is 0.0652 e. The highest BCUT2D eigenvalue weighted by Gasteiger charge is 2.14. The molecule has 0 fully saturated rings. The van der Waals surface area contributed by atoms with Crippen LogP contribution >= 0.6 is 0 Å². The molecule has 0 amide bonds. The lowest BCUT2D eigenvalue weighted by atomic mass is 10.1. The van der Waals surface area contributed by atoms with Gasteiger partial charge in [0, 0.05) is 17.1 Å². The lowest BCUT2D eigenvalue weighted by Crippen LogP contribution is -2.11. The molecule has 0 aliphatic carbocycles. The van der Waals surface area contributed by atoms with Gasteiger partial charge in [0.15, 0.2) is 0 Å². The second-order valence-corrected chi connectivity index (χ2v) is 14.8. The van der Waals surface area contributed by atoms with Crippen LogP contribution in [0.2, 0.25) is 0 Å². The summed E-state index contributed by atoms with van der Waals surface area (Å²) in [6, 6.07) is 86.5. The van der Waals surface area contributed by atoms with E-state index in [0.717, 1.165) is 67.9 Å². The molecule has 0 N–H and O–H groups in total. The van der Waals surface area contributed by atoms with Crippen LogP contribution in [-0.2, 0) is 0 Å². The van der Waals surface area contributed by atoms with E-state index in [4.69, 9.17) is 15.3 Å². The Morgan fingerprint density at radius 2 is 0.391 bits per heavy atom. The quantitative estimate of drug-likeness (QED) is 0.0763. The Hall–Kier alpha value is -8.81. The average molecular weight is 828 g/mol. The zero-order chi connectivity index (χ0) is 43.2. The van der Waals surface area contributed by atoms with Gasteiger partial charge >= 0.3 is 0 Å². The molecule has 9 aromatic rings. The van der Waals surface area contributed by atoms with E-state index >= 15 is 0 Å². The van der Waals surface area contributed by atoms with E-state index in [0.29, 0.717) is 0 Å². The maximum absolute atomic E-state index is 4.94.